The number of nitrogens with zero attached hydrogens (tertiary/aromatic N) is 3. The lowest BCUT2D eigenvalue weighted by atomic mass is 10.1. The van der Waals surface area contributed by atoms with Gasteiger partial charge < -0.3 is 9.72 Å². The fourth-order valence-electron chi connectivity index (χ4n) is 2.14. The average Bonchev–Trinajstić information content (AvgIpc) is 2.56. The zero-order chi connectivity index (χ0) is 17.3. The van der Waals surface area contributed by atoms with Gasteiger partial charge >= 0.3 is 5.97 Å². The van der Waals surface area contributed by atoms with Crippen molar-refractivity contribution < 1.29 is 9.53 Å². The Labute approximate surface area is 145 Å². The van der Waals surface area contributed by atoms with Crippen LogP contribution in [0.15, 0.2) is 29.5 Å². The van der Waals surface area contributed by atoms with Crippen molar-refractivity contribution in [2.75, 3.05) is 0 Å². The van der Waals surface area contributed by atoms with E-state index in [9.17, 15) is 9.59 Å². The third kappa shape index (κ3) is 2.83. The van der Waals surface area contributed by atoms with Crippen molar-refractivity contribution in [1.29, 1.82) is 0 Å². The fraction of sp³-hybridized carbons (Fsp3) is 0.133. The Kier molecular flexibility index (Phi) is 4.46. The van der Waals surface area contributed by atoms with Gasteiger partial charge in [-0.15, -0.1) is 0 Å². The van der Waals surface area contributed by atoms with E-state index < -0.39 is 11.5 Å². The molecule has 3 aromatic rings. The zero-order valence-electron chi connectivity index (χ0n) is 12.3. The van der Waals surface area contributed by atoms with Gasteiger partial charge in [0.25, 0.3) is 5.56 Å². The molecule has 24 heavy (non-hydrogen) atoms. The number of esters is 1. The van der Waals surface area contributed by atoms with Crippen LogP contribution in [0.25, 0.3) is 22.3 Å². The van der Waals surface area contributed by atoms with E-state index in [1.807, 2.05) is 0 Å². The standard InChI is InChI=1S/C15H10Cl2N4O3/c1-2-8(22)24-12-10(9-7(16)3-4-19-13(9)17)15(23)21-14-11(12)18-5-6-20-14/h3-6H,2H2,1H3,(H,20,21,23). The molecule has 3 rings (SSSR count). The summed E-state index contributed by atoms with van der Waals surface area (Å²) in [6.07, 6.45) is 4.34. The summed E-state index contributed by atoms with van der Waals surface area (Å²) >= 11 is 12.3. The molecule has 3 heterocycles. The summed E-state index contributed by atoms with van der Waals surface area (Å²) in [5.41, 5.74) is -0.0358. The molecule has 0 aliphatic rings. The van der Waals surface area contributed by atoms with Crippen LogP contribution in [-0.2, 0) is 4.79 Å². The molecule has 1 N–H and O–H groups in total. The van der Waals surface area contributed by atoms with Crippen molar-refractivity contribution in [3.63, 3.8) is 0 Å². The van der Waals surface area contributed by atoms with Gasteiger partial charge in [0, 0.05) is 30.6 Å². The van der Waals surface area contributed by atoms with Crippen molar-refractivity contribution >= 4 is 40.3 Å². The molecule has 0 saturated heterocycles. The number of H-pyrrole nitrogens is 1. The summed E-state index contributed by atoms with van der Waals surface area (Å²) < 4.78 is 5.35. The maximum Gasteiger partial charge on any atom is 0.310 e. The highest BCUT2D eigenvalue weighted by molar-refractivity contribution is 6.38. The summed E-state index contributed by atoms with van der Waals surface area (Å²) in [7, 11) is 0. The molecule has 0 bridgehead atoms. The number of nitrogens with one attached hydrogen (secondary N) is 1. The van der Waals surface area contributed by atoms with Gasteiger partial charge in [0.2, 0.25) is 0 Å². The number of carbonyl (C=O) groups excluding carboxylic acids is 1. The molecule has 0 amide bonds. The van der Waals surface area contributed by atoms with Crippen LogP contribution in [0.4, 0.5) is 0 Å². The summed E-state index contributed by atoms with van der Waals surface area (Å²) in [5.74, 6) is -0.588. The first kappa shape index (κ1) is 16.4. The van der Waals surface area contributed by atoms with Crippen molar-refractivity contribution in [1.82, 2.24) is 19.9 Å². The highest BCUT2D eigenvalue weighted by Crippen LogP contribution is 2.38. The topological polar surface area (TPSA) is 97.8 Å². The molecule has 0 saturated carbocycles. The minimum Gasteiger partial charge on any atom is -0.423 e. The Morgan fingerprint density at radius 1 is 1.17 bits per heavy atom. The molecule has 9 heteroatoms. The fourth-order valence-corrected chi connectivity index (χ4v) is 2.68. The van der Waals surface area contributed by atoms with Crippen molar-refractivity contribution in [3.8, 4) is 16.9 Å². The van der Waals surface area contributed by atoms with Crippen LogP contribution in [-0.4, -0.2) is 25.9 Å². The van der Waals surface area contributed by atoms with Gasteiger partial charge in [-0.25, -0.2) is 15.0 Å². The molecule has 0 spiro atoms. The molecule has 0 aliphatic heterocycles. The molecule has 0 radical (unpaired) electrons. The van der Waals surface area contributed by atoms with E-state index in [0.717, 1.165) is 0 Å². The van der Waals surface area contributed by atoms with Crippen LogP contribution in [0.1, 0.15) is 13.3 Å². The van der Waals surface area contributed by atoms with Gasteiger partial charge in [-0.2, -0.15) is 0 Å². The Morgan fingerprint density at radius 2 is 1.92 bits per heavy atom. The minimum atomic E-state index is -0.571. The van der Waals surface area contributed by atoms with Crippen LogP contribution in [0.5, 0.6) is 5.75 Å². The van der Waals surface area contributed by atoms with E-state index in [-0.39, 0.29) is 44.6 Å². The van der Waals surface area contributed by atoms with Gasteiger partial charge in [-0.3, -0.25) is 9.59 Å². The predicted molar refractivity (Wildman–Crippen MR) is 89.3 cm³/mol. The van der Waals surface area contributed by atoms with E-state index >= 15 is 0 Å². The monoisotopic (exact) mass is 364 g/mol. The minimum absolute atomic E-state index is 0.00466. The molecule has 0 aromatic carbocycles. The number of hydrogen-bond acceptors (Lipinski definition) is 6. The lowest BCUT2D eigenvalue weighted by Gasteiger charge is -2.12. The summed E-state index contributed by atoms with van der Waals surface area (Å²) in [4.78, 5) is 39.1. The number of aromatic nitrogens is 4. The Hall–Kier alpha value is -2.51. The zero-order valence-corrected chi connectivity index (χ0v) is 13.9. The Balaban J connectivity index is 2.42. The predicted octanol–water partition coefficient (Wildman–Crippen LogP) is 3.00. The van der Waals surface area contributed by atoms with E-state index in [1.165, 1.54) is 24.7 Å². The smallest absolute Gasteiger partial charge is 0.310 e. The Morgan fingerprint density at radius 3 is 2.62 bits per heavy atom. The van der Waals surface area contributed by atoms with Crippen molar-refractivity contribution in [2.24, 2.45) is 0 Å². The van der Waals surface area contributed by atoms with E-state index in [4.69, 9.17) is 27.9 Å². The molecular formula is C15H10Cl2N4O3. The lowest BCUT2D eigenvalue weighted by Crippen LogP contribution is -2.16. The molecule has 3 aromatic heterocycles. The maximum absolute atomic E-state index is 12.6. The molecule has 0 fully saturated rings. The molecule has 0 unspecified atom stereocenters. The number of carbonyl (C=O) groups is 1. The first-order valence-corrected chi connectivity index (χ1v) is 7.66. The number of fused-ring (bicyclic) bond motifs is 1. The summed E-state index contributed by atoms with van der Waals surface area (Å²) in [6.45, 7) is 1.63. The summed E-state index contributed by atoms with van der Waals surface area (Å²) in [5, 5.41) is 0.197. The number of rotatable bonds is 3. The van der Waals surface area contributed by atoms with Crippen LogP contribution in [0.3, 0.4) is 0 Å². The highest BCUT2D eigenvalue weighted by atomic mass is 35.5. The summed E-state index contributed by atoms with van der Waals surface area (Å²) in [6, 6.07) is 1.48. The average molecular weight is 365 g/mol. The number of ether oxygens (including phenoxy) is 1. The quantitative estimate of drug-likeness (QED) is 0.566. The molecule has 7 nitrogen and oxygen atoms in total. The van der Waals surface area contributed by atoms with E-state index in [0.29, 0.717) is 0 Å². The van der Waals surface area contributed by atoms with Gasteiger partial charge in [-0.1, -0.05) is 30.1 Å². The number of hydrogen-bond donors (Lipinski definition) is 1. The third-order valence-electron chi connectivity index (χ3n) is 3.21. The molecule has 0 aliphatic carbocycles. The largest absolute Gasteiger partial charge is 0.423 e. The van der Waals surface area contributed by atoms with Gasteiger partial charge in [0.15, 0.2) is 11.4 Å². The van der Waals surface area contributed by atoms with Gasteiger partial charge in [0.05, 0.1) is 10.6 Å². The number of pyridine rings is 2. The van der Waals surface area contributed by atoms with Crippen LogP contribution >= 0.6 is 23.2 Å². The third-order valence-corrected chi connectivity index (χ3v) is 3.81. The van der Waals surface area contributed by atoms with Gasteiger partial charge in [-0.05, 0) is 6.07 Å². The first-order chi connectivity index (χ1) is 11.5. The molecular weight excluding hydrogens is 355 g/mol. The molecule has 122 valence electrons. The van der Waals surface area contributed by atoms with Crippen molar-refractivity contribution in [3.05, 3.63) is 45.2 Å². The van der Waals surface area contributed by atoms with E-state index in [2.05, 4.69) is 19.9 Å². The normalized spacial score (nSPS) is 10.8. The second-order valence-corrected chi connectivity index (χ2v) is 5.46. The van der Waals surface area contributed by atoms with Crippen molar-refractivity contribution in [2.45, 2.75) is 13.3 Å². The SMILES string of the molecule is CCC(=O)Oc1c(-c2c(Cl)ccnc2Cl)c(=O)[nH]c2nccnc12. The second kappa shape index (κ2) is 6.54. The van der Waals surface area contributed by atoms with Crippen LogP contribution < -0.4 is 10.3 Å². The van der Waals surface area contributed by atoms with Gasteiger partial charge in [0.1, 0.15) is 10.7 Å². The van der Waals surface area contributed by atoms with Crippen LogP contribution in [0.2, 0.25) is 10.2 Å². The molecule has 0 atom stereocenters. The first-order valence-electron chi connectivity index (χ1n) is 6.91. The highest BCUT2D eigenvalue weighted by Gasteiger charge is 2.24. The second-order valence-electron chi connectivity index (χ2n) is 4.70. The Bertz CT molecular complexity index is 983. The van der Waals surface area contributed by atoms with Crippen LogP contribution in [0, 0.1) is 0 Å². The number of aromatic amines is 1. The lowest BCUT2D eigenvalue weighted by molar-refractivity contribution is -0.133. The number of halogens is 2. The van der Waals surface area contributed by atoms with E-state index in [1.54, 1.807) is 6.92 Å². The maximum atomic E-state index is 12.6.